The van der Waals surface area contributed by atoms with Crippen molar-refractivity contribution in [2.45, 2.75) is 31.6 Å². The van der Waals surface area contributed by atoms with Gasteiger partial charge in [0.2, 0.25) is 5.43 Å². The largest absolute Gasteiger partial charge is 0.294 e. The zero-order chi connectivity index (χ0) is 20.5. The number of rotatable bonds is 5. The first-order valence-corrected chi connectivity index (χ1v) is 12.1. The van der Waals surface area contributed by atoms with Crippen molar-refractivity contribution in [2.75, 3.05) is 12.3 Å². The number of hydrogen-bond acceptors (Lipinski definition) is 5. The van der Waals surface area contributed by atoms with Gasteiger partial charge in [-0.15, -0.1) is 11.3 Å². The number of nitrogens with zero attached hydrogens (tertiary/aromatic N) is 3. The van der Waals surface area contributed by atoms with Crippen molar-refractivity contribution in [3.8, 4) is 5.69 Å². The van der Waals surface area contributed by atoms with E-state index < -0.39 is 0 Å². The monoisotopic (exact) mass is 433 g/mol. The summed E-state index contributed by atoms with van der Waals surface area (Å²) >= 11 is 3.42. The maximum Gasteiger partial charge on any atom is 0.211 e. The molecule has 0 N–H and O–H groups in total. The lowest BCUT2D eigenvalue weighted by Crippen LogP contribution is -2.32. The molecule has 1 aliphatic heterocycles. The second-order valence-electron chi connectivity index (χ2n) is 7.43. The van der Waals surface area contributed by atoms with Crippen molar-refractivity contribution in [1.29, 1.82) is 0 Å². The van der Waals surface area contributed by atoms with Crippen molar-refractivity contribution < 1.29 is 0 Å². The zero-order valence-electron chi connectivity index (χ0n) is 16.9. The molecule has 0 saturated heterocycles. The Morgan fingerprint density at radius 1 is 1.07 bits per heavy atom. The van der Waals surface area contributed by atoms with E-state index in [4.69, 9.17) is 4.98 Å². The molecule has 4 aromatic rings. The molecule has 3 heterocycles. The Hall–Kier alpha value is -2.41. The summed E-state index contributed by atoms with van der Waals surface area (Å²) in [6.07, 6.45) is 0.794. The van der Waals surface area contributed by atoms with E-state index in [1.807, 2.05) is 24.3 Å². The summed E-state index contributed by atoms with van der Waals surface area (Å²) in [5.41, 5.74) is 4.07. The molecule has 4 nitrogen and oxygen atoms in total. The lowest BCUT2D eigenvalue weighted by atomic mass is 10.1. The Kier molecular flexibility index (Phi) is 5.46. The number of hydrogen-bond donors (Lipinski definition) is 0. The molecule has 5 rings (SSSR count). The van der Waals surface area contributed by atoms with Crippen LogP contribution in [0.3, 0.4) is 0 Å². The minimum Gasteiger partial charge on any atom is -0.294 e. The minimum absolute atomic E-state index is 0.116. The van der Waals surface area contributed by atoms with E-state index in [1.54, 1.807) is 23.1 Å². The topological polar surface area (TPSA) is 38.1 Å². The molecule has 152 valence electrons. The van der Waals surface area contributed by atoms with Crippen molar-refractivity contribution in [3.05, 3.63) is 86.9 Å². The van der Waals surface area contributed by atoms with E-state index in [-0.39, 0.29) is 5.43 Å². The molecule has 1 aliphatic rings. The number of benzene rings is 2. The predicted molar refractivity (Wildman–Crippen MR) is 126 cm³/mol. The Labute approximate surface area is 184 Å². The molecular formula is C24H23N3OS2. The summed E-state index contributed by atoms with van der Waals surface area (Å²) in [6.45, 7) is 4.75. The SMILES string of the molecule is CCSc1nc2c(=O)c3c(sc2n1-c1ccccc1)CN(Cc1ccccc1)CC3. The summed E-state index contributed by atoms with van der Waals surface area (Å²) in [6, 6.07) is 20.8. The average molecular weight is 434 g/mol. The summed E-state index contributed by atoms with van der Waals surface area (Å²) in [4.78, 5) is 22.7. The molecule has 0 fully saturated rings. The molecule has 2 aromatic carbocycles. The van der Waals surface area contributed by atoms with Crippen LogP contribution < -0.4 is 5.43 Å². The van der Waals surface area contributed by atoms with Gasteiger partial charge in [-0.3, -0.25) is 14.3 Å². The van der Waals surface area contributed by atoms with Crippen LogP contribution in [0, 0.1) is 0 Å². The van der Waals surface area contributed by atoms with E-state index >= 15 is 0 Å². The van der Waals surface area contributed by atoms with Crippen molar-refractivity contribution in [1.82, 2.24) is 14.5 Å². The quantitative estimate of drug-likeness (QED) is 0.410. The predicted octanol–water partition coefficient (Wildman–Crippen LogP) is 5.12. The Balaban J connectivity index is 1.59. The molecule has 2 aromatic heterocycles. The van der Waals surface area contributed by atoms with Crippen LogP contribution in [-0.2, 0) is 19.5 Å². The smallest absolute Gasteiger partial charge is 0.211 e. The second-order valence-corrected chi connectivity index (χ2v) is 9.75. The maximum absolute atomic E-state index is 13.3. The van der Waals surface area contributed by atoms with Gasteiger partial charge in [0, 0.05) is 35.8 Å². The Morgan fingerprint density at radius 2 is 1.80 bits per heavy atom. The third kappa shape index (κ3) is 3.60. The van der Waals surface area contributed by atoms with Gasteiger partial charge >= 0.3 is 0 Å². The molecule has 0 aliphatic carbocycles. The normalized spacial score (nSPS) is 14.2. The van der Waals surface area contributed by atoms with Crippen LogP contribution in [0.2, 0.25) is 0 Å². The van der Waals surface area contributed by atoms with Crippen molar-refractivity contribution >= 4 is 33.4 Å². The molecule has 0 spiro atoms. The third-order valence-electron chi connectivity index (χ3n) is 5.43. The molecular weight excluding hydrogens is 410 g/mol. The molecule has 0 saturated carbocycles. The van der Waals surface area contributed by atoms with Gasteiger partial charge in [0.15, 0.2) is 5.16 Å². The van der Waals surface area contributed by atoms with Gasteiger partial charge in [0.1, 0.15) is 10.3 Å². The van der Waals surface area contributed by atoms with Gasteiger partial charge in [-0.05, 0) is 29.9 Å². The highest BCUT2D eigenvalue weighted by Gasteiger charge is 2.25. The fourth-order valence-electron chi connectivity index (χ4n) is 4.02. The molecule has 0 atom stereocenters. The van der Waals surface area contributed by atoms with E-state index in [2.05, 4.69) is 52.8 Å². The first-order valence-electron chi connectivity index (χ1n) is 10.3. The summed E-state index contributed by atoms with van der Waals surface area (Å²) in [7, 11) is 0. The van der Waals surface area contributed by atoms with Crippen LogP contribution in [0.4, 0.5) is 0 Å². The second kappa shape index (κ2) is 8.38. The lowest BCUT2D eigenvalue weighted by Gasteiger charge is -2.27. The number of para-hydroxylation sites is 1. The standard InChI is InChI=1S/C24H23N3OS2/c1-2-29-24-25-21-22(28)19-13-14-26(15-17-9-5-3-6-10-17)16-20(19)30-23(21)27(24)18-11-7-4-8-12-18/h3-12H,2,13-16H2,1H3. The molecule has 6 heteroatoms. The van der Waals surface area contributed by atoms with Gasteiger partial charge in [-0.25, -0.2) is 4.98 Å². The molecule has 0 amide bonds. The average Bonchev–Trinajstić information content (AvgIpc) is 3.13. The van der Waals surface area contributed by atoms with Crippen LogP contribution in [0.5, 0.6) is 0 Å². The highest BCUT2D eigenvalue weighted by Crippen LogP contribution is 2.33. The van der Waals surface area contributed by atoms with Crippen LogP contribution >= 0.6 is 23.1 Å². The molecule has 0 unspecified atom stereocenters. The van der Waals surface area contributed by atoms with E-state index in [0.717, 1.165) is 53.0 Å². The minimum atomic E-state index is 0.116. The van der Waals surface area contributed by atoms with Crippen LogP contribution in [0.15, 0.2) is 70.6 Å². The molecule has 0 radical (unpaired) electrons. The van der Waals surface area contributed by atoms with Gasteiger partial charge in [-0.2, -0.15) is 0 Å². The number of thioether (sulfide) groups is 1. The highest BCUT2D eigenvalue weighted by molar-refractivity contribution is 7.99. The third-order valence-corrected chi connectivity index (χ3v) is 7.44. The van der Waals surface area contributed by atoms with Crippen molar-refractivity contribution in [3.63, 3.8) is 0 Å². The summed E-state index contributed by atoms with van der Waals surface area (Å²) < 4.78 is 2.16. The number of imidazole rings is 1. The van der Waals surface area contributed by atoms with Crippen LogP contribution in [0.1, 0.15) is 22.9 Å². The number of fused-ring (bicyclic) bond motifs is 2. The Bertz CT molecular complexity index is 1230. The first-order chi connectivity index (χ1) is 14.7. The van der Waals surface area contributed by atoms with Gasteiger partial charge < -0.3 is 0 Å². The van der Waals surface area contributed by atoms with Crippen LogP contribution in [0.25, 0.3) is 16.0 Å². The van der Waals surface area contributed by atoms with Gasteiger partial charge in [0.25, 0.3) is 0 Å². The zero-order valence-corrected chi connectivity index (χ0v) is 18.5. The first kappa shape index (κ1) is 19.5. The summed E-state index contributed by atoms with van der Waals surface area (Å²) in [5, 5.41) is 0.899. The van der Waals surface area contributed by atoms with E-state index in [1.165, 1.54) is 10.4 Å². The fourth-order valence-corrected chi connectivity index (χ4v) is 6.13. The van der Waals surface area contributed by atoms with E-state index in [9.17, 15) is 4.79 Å². The van der Waals surface area contributed by atoms with Crippen molar-refractivity contribution in [2.24, 2.45) is 0 Å². The highest BCUT2D eigenvalue weighted by atomic mass is 32.2. The Morgan fingerprint density at radius 3 is 2.53 bits per heavy atom. The molecule has 0 bridgehead atoms. The van der Waals surface area contributed by atoms with Gasteiger partial charge in [-0.1, -0.05) is 67.2 Å². The lowest BCUT2D eigenvalue weighted by molar-refractivity contribution is 0.248. The molecule has 30 heavy (non-hydrogen) atoms. The van der Waals surface area contributed by atoms with E-state index in [0.29, 0.717) is 5.52 Å². The summed E-state index contributed by atoms with van der Waals surface area (Å²) in [5.74, 6) is 0.916. The number of aromatic nitrogens is 2. The van der Waals surface area contributed by atoms with Gasteiger partial charge in [0.05, 0.1) is 0 Å². The van der Waals surface area contributed by atoms with Crippen LogP contribution in [-0.4, -0.2) is 26.7 Å². The fraction of sp³-hybridized carbons (Fsp3) is 0.250. The maximum atomic E-state index is 13.3.